The van der Waals surface area contributed by atoms with Crippen LogP contribution < -0.4 is 0 Å². The molecule has 0 N–H and O–H groups in total. The number of aryl methyl sites for hydroxylation is 3. The first-order valence-corrected chi connectivity index (χ1v) is 10.5. The Hall–Kier alpha value is -1.81. The number of piperidine rings is 1. The van der Waals surface area contributed by atoms with Gasteiger partial charge in [0, 0.05) is 44.0 Å². The summed E-state index contributed by atoms with van der Waals surface area (Å²) in [6.45, 7) is 1.42. The van der Waals surface area contributed by atoms with Gasteiger partial charge in [-0.3, -0.25) is 9.36 Å². The van der Waals surface area contributed by atoms with Crippen molar-refractivity contribution in [3.8, 4) is 0 Å². The molecule has 2 aromatic rings. The van der Waals surface area contributed by atoms with E-state index in [4.69, 9.17) is 0 Å². The van der Waals surface area contributed by atoms with Crippen LogP contribution in [0.25, 0.3) is 0 Å². The van der Waals surface area contributed by atoms with Gasteiger partial charge in [0.2, 0.25) is 0 Å². The van der Waals surface area contributed by atoms with Gasteiger partial charge in [-0.15, -0.1) is 0 Å². The highest BCUT2D eigenvalue weighted by Gasteiger charge is 2.49. The van der Waals surface area contributed by atoms with E-state index < -0.39 is 22.0 Å². The molecule has 10 heteroatoms. The van der Waals surface area contributed by atoms with Gasteiger partial charge >= 0.3 is 0 Å². The predicted molar refractivity (Wildman–Crippen MR) is 93.9 cm³/mol. The van der Waals surface area contributed by atoms with Crippen LogP contribution in [0.4, 0.5) is 8.78 Å². The summed E-state index contributed by atoms with van der Waals surface area (Å²) in [4.78, 5) is 0. The first-order valence-electron chi connectivity index (χ1n) is 9.05. The molecular formula is C17H23F2N5O2S. The van der Waals surface area contributed by atoms with Crippen LogP contribution in [-0.2, 0) is 24.1 Å². The number of fused-ring (bicyclic) bond motifs is 2. The minimum Gasteiger partial charge on any atom is -0.272 e. The molecule has 2 aliphatic heterocycles. The zero-order valence-corrected chi connectivity index (χ0v) is 16.3. The second kappa shape index (κ2) is 6.37. The van der Waals surface area contributed by atoms with Crippen molar-refractivity contribution in [2.24, 2.45) is 14.1 Å². The van der Waals surface area contributed by atoms with E-state index in [2.05, 4.69) is 10.2 Å². The summed E-state index contributed by atoms with van der Waals surface area (Å²) in [6.07, 6.45) is 1.71. The van der Waals surface area contributed by atoms with Crippen molar-refractivity contribution in [2.75, 3.05) is 0 Å². The highest BCUT2D eigenvalue weighted by molar-refractivity contribution is 7.89. The maximum absolute atomic E-state index is 13.6. The summed E-state index contributed by atoms with van der Waals surface area (Å²) >= 11 is 0. The smallest absolute Gasteiger partial charge is 0.268 e. The number of rotatable bonds is 4. The van der Waals surface area contributed by atoms with Crippen molar-refractivity contribution in [3.05, 3.63) is 29.2 Å². The molecule has 0 aromatic carbocycles. The highest BCUT2D eigenvalue weighted by Crippen LogP contribution is 2.46. The highest BCUT2D eigenvalue weighted by atomic mass is 32.2. The lowest BCUT2D eigenvalue weighted by atomic mass is 9.89. The Balaban J connectivity index is 1.70. The molecule has 0 spiro atoms. The van der Waals surface area contributed by atoms with E-state index in [9.17, 15) is 17.2 Å². The number of nitrogens with zero attached hydrogens (tertiary/aromatic N) is 5. The van der Waals surface area contributed by atoms with E-state index in [0.717, 1.165) is 23.2 Å². The number of alkyl halides is 2. The Morgan fingerprint density at radius 3 is 2.30 bits per heavy atom. The van der Waals surface area contributed by atoms with Crippen molar-refractivity contribution in [3.63, 3.8) is 0 Å². The summed E-state index contributed by atoms with van der Waals surface area (Å²) in [5.74, 6) is 0.226. The summed E-state index contributed by atoms with van der Waals surface area (Å²) in [5.41, 5.74) is 0.669. The van der Waals surface area contributed by atoms with Gasteiger partial charge in [-0.1, -0.05) is 0 Å². The van der Waals surface area contributed by atoms with E-state index in [1.54, 1.807) is 6.20 Å². The molecule has 7 nitrogen and oxygen atoms in total. The monoisotopic (exact) mass is 399 g/mol. The van der Waals surface area contributed by atoms with Crippen molar-refractivity contribution < 1.29 is 17.2 Å². The van der Waals surface area contributed by atoms with Gasteiger partial charge in [0.15, 0.2) is 5.03 Å². The van der Waals surface area contributed by atoms with Crippen molar-refractivity contribution >= 4 is 10.0 Å². The normalized spacial score (nSPS) is 26.2. The zero-order valence-electron chi connectivity index (χ0n) is 15.5. The van der Waals surface area contributed by atoms with Crippen LogP contribution in [-0.4, -0.2) is 44.4 Å². The maximum Gasteiger partial charge on any atom is 0.268 e. The summed E-state index contributed by atoms with van der Waals surface area (Å²) in [5, 5.41) is 7.79. The standard InChI is InChI=1S/C17H23F2N5O2S/c1-10-15(16(18)19)17(23(3)21-10)27(25,26)24-12-4-5-13(24)9-11(8-12)14-6-7-20-22(14)2/h6-7,11-13,16H,4-5,8-9H2,1-3H3. The Morgan fingerprint density at radius 2 is 1.78 bits per heavy atom. The summed E-state index contributed by atoms with van der Waals surface area (Å²) in [7, 11) is -0.759. The number of sulfonamides is 1. The first kappa shape index (κ1) is 18.5. The molecule has 27 heavy (non-hydrogen) atoms. The third-order valence-electron chi connectivity index (χ3n) is 5.90. The van der Waals surface area contributed by atoms with Crippen molar-refractivity contribution in [1.82, 2.24) is 23.9 Å². The zero-order chi connectivity index (χ0) is 19.5. The molecule has 0 aliphatic carbocycles. The third kappa shape index (κ3) is 2.80. The van der Waals surface area contributed by atoms with E-state index in [-0.39, 0.29) is 28.7 Å². The van der Waals surface area contributed by atoms with E-state index in [1.807, 2.05) is 17.8 Å². The van der Waals surface area contributed by atoms with Crippen molar-refractivity contribution in [2.45, 2.75) is 62.1 Å². The second-order valence-corrected chi connectivity index (χ2v) is 9.25. The Labute approximate surface area is 157 Å². The lowest BCUT2D eigenvalue weighted by molar-refractivity contribution is 0.146. The summed E-state index contributed by atoms with van der Waals surface area (Å²) < 4.78 is 58.3. The number of aromatic nitrogens is 4. The molecule has 0 radical (unpaired) electrons. The topological polar surface area (TPSA) is 73.0 Å². The van der Waals surface area contributed by atoms with Crippen LogP contribution in [0, 0.1) is 6.92 Å². The average Bonchev–Trinajstić information content (AvgIpc) is 3.22. The average molecular weight is 399 g/mol. The molecule has 2 aliphatic rings. The van der Waals surface area contributed by atoms with Gasteiger partial charge in [0.05, 0.1) is 11.3 Å². The molecule has 2 aromatic heterocycles. The van der Waals surface area contributed by atoms with Gasteiger partial charge in [-0.05, 0) is 38.7 Å². The lowest BCUT2D eigenvalue weighted by Gasteiger charge is -2.38. The summed E-state index contributed by atoms with van der Waals surface area (Å²) in [6, 6.07) is 1.59. The second-order valence-electron chi connectivity index (χ2n) is 7.50. The third-order valence-corrected chi connectivity index (χ3v) is 8.02. The van der Waals surface area contributed by atoms with E-state index in [1.165, 1.54) is 18.3 Å². The quantitative estimate of drug-likeness (QED) is 0.792. The van der Waals surface area contributed by atoms with Crippen LogP contribution >= 0.6 is 0 Å². The number of hydrogen-bond acceptors (Lipinski definition) is 4. The van der Waals surface area contributed by atoms with Crippen LogP contribution in [0.15, 0.2) is 17.3 Å². The Kier molecular flexibility index (Phi) is 4.38. The van der Waals surface area contributed by atoms with Gasteiger partial charge in [-0.2, -0.15) is 14.5 Å². The molecule has 2 unspecified atom stereocenters. The molecule has 0 saturated carbocycles. The van der Waals surface area contributed by atoms with Crippen LogP contribution in [0.5, 0.6) is 0 Å². The molecular weight excluding hydrogens is 376 g/mol. The number of halogens is 2. The van der Waals surface area contributed by atoms with Gasteiger partial charge < -0.3 is 0 Å². The molecule has 2 bridgehead atoms. The molecule has 2 atom stereocenters. The molecule has 4 heterocycles. The molecule has 2 saturated heterocycles. The van der Waals surface area contributed by atoms with Gasteiger partial charge in [0.1, 0.15) is 0 Å². The molecule has 2 fully saturated rings. The molecule has 0 amide bonds. The Morgan fingerprint density at radius 1 is 1.15 bits per heavy atom. The van der Waals surface area contributed by atoms with Crippen LogP contribution in [0.2, 0.25) is 0 Å². The van der Waals surface area contributed by atoms with E-state index >= 15 is 0 Å². The fraction of sp³-hybridized carbons (Fsp3) is 0.647. The SMILES string of the molecule is Cc1nn(C)c(S(=O)(=O)N2C3CCC2CC(c2ccnn2C)C3)c1C(F)F. The fourth-order valence-corrected chi connectivity index (χ4v) is 7.12. The van der Waals surface area contributed by atoms with Gasteiger partial charge in [-0.25, -0.2) is 17.2 Å². The largest absolute Gasteiger partial charge is 0.272 e. The van der Waals surface area contributed by atoms with Gasteiger partial charge in [0.25, 0.3) is 16.4 Å². The lowest BCUT2D eigenvalue weighted by Crippen LogP contribution is -2.46. The predicted octanol–water partition coefficient (Wildman–Crippen LogP) is 2.50. The fourth-order valence-electron chi connectivity index (χ4n) is 4.86. The maximum atomic E-state index is 13.6. The van der Waals surface area contributed by atoms with E-state index in [0.29, 0.717) is 12.8 Å². The Bertz CT molecular complexity index is 954. The van der Waals surface area contributed by atoms with Crippen molar-refractivity contribution in [1.29, 1.82) is 0 Å². The first-order chi connectivity index (χ1) is 12.7. The molecule has 4 rings (SSSR count). The van der Waals surface area contributed by atoms with Crippen LogP contribution in [0.1, 0.15) is 55.0 Å². The number of hydrogen-bond donors (Lipinski definition) is 0. The van der Waals surface area contributed by atoms with Crippen LogP contribution in [0.3, 0.4) is 0 Å². The minimum atomic E-state index is -4.05. The molecule has 148 valence electrons. The minimum absolute atomic E-state index is 0.0585.